The summed E-state index contributed by atoms with van der Waals surface area (Å²) >= 11 is 0. The summed E-state index contributed by atoms with van der Waals surface area (Å²) < 4.78 is 0. The summed E-state index contributed by atoms with van der Waals surface area (Å²) in [6.07, 6.45) is 1.66. The Morgan fingerprint density at radius 1 is 1.35 bits per heavy atom. The molecule has 0 aromatic heterocycles. The van der Waals surface area contributed by atoms with Gasteiger partial charge < -0.3 is 10.2 Å². The van der Waals surface area contributed by atoms with Gasteiger partial charge in [0.05, 0.1) is 12.5 Å². The maximum atomic E-state index is 12.3. The lowest BCUT2D eigenvalue weighted by atomic mass is 10.2. The van der Waals surface area contributed by atoms with Crippen LogP contribution in [-0.2, 0) is 4.79 Å². The van der Waals surface area contributed by atoms with Crippen molar-refractivity contribution in [2.45, 2.75) is 39.2 Å². The quantitative estimate of drug-likeness (QED) is 0.741. The number of hydrogen-bond donors (Lipinski definition) is 1. The van der Waals surface area contributed by atoms with E-state index >= 15 is 0 Å². The molecule has 1 aromatic rings. The number of carbonyl (C=O) groups excluding carboxylic acids is 1. The Morgan fingerprint density at radius 3 is 2.65 bits per heavy atom. The van der Waals surface area contributed by atoms with Crippen LogP contribution in [-0.4, -0.2) is 25.0 Å². The molecule has 1 N–H and O–H groups in total. The Balaban J connectivity index is 2.55. The van der Waals surface area contributed by atoms with Crippen LogP contribution in [0.5, 0.6) is 0 Å². The fourth-order valence-electron chi connectivity index (χ4n) is 1.93. The molecule has 1 amide bonds. The fourth-order valence-corrected chi connectivity index (χ4v) is 1.93. The zero-order valence-electron chi connectivity index (χ0n) is 12.3. The van der Waals surface area contributed by atoms with Crippen LogP contribution in [0.1, 0.15) is 33.1 Å². The van der Waals surface area contributed by atoms with E-state index in [-0.39, 0.29) is 5.91 Å². The maximum Gasteiger partial charge on any atom is 0.227 e. The zero-order chi connectivity index (χ0) is 14.8. The number of amides is 1. The van der Waals surface area contributed by atoms with Gasteiger partial charge in [-0.15, -0.1) is 0 Å². The third-order valence-electron chi connectivity index (χ3n) is 2.94. The largest absolute Gasteiger partial charge is 0.315 e. The molecule has 108 valence electrons. The summed E-state index contributed by atoms with van der Waals surface area (Å²) in [5.74, 6) is 0.0806. The van der Waals surface area contributed by atoms with Gasteiger partial charge in [-0.05, 0) is 25.1 Å². The van der Waals surface area contributed by atoms with E-state index in [9.17, 15) is 4.79 Å². The molecule has 0 saturated carbocycles. The summed E-state index contributed by atoms with van der Waals surface area (Å²) in [4.78, 5) is 14.0. The van der Waals surface area contributed by atoms with Gasteiger partial charge in [0.1, 0.15) is 0 Å². The van der Waals surface area contributed by atoms with E-state index in [2.05, 4.69) is 25.2 Å². The van der Waals surface area contributed by atoms with Crippen molar-refractivity contribution in [3.05, 3.63) is 30.3 Å². The molecule has 0 unspecified atom stereocenters. The summed E-state index contributed by atoms with van der Waals surface area (Å²) in [7, 11) is 0. The van der Waals surface area contributed by atoms with Gasteiger partial charge in [-0.25, -0.2) is 0 Å². The molecule has 4 nitrogen and oxygen atoms in total. The first kappa shape index (κ1) is 16.2. The lowest BCUT2D eigenvalue weighted by Gasteiger charge is -2.22. The van der Waals surface area contributed by atoms with Crippen molar-refractivity contribution in [2.75, 3.05) is 18.0 Å². The minimum Gasteiger partial charge on any atom is -0.315 e. The van der Waals surface area contributed by atoms with Crippen molar-refractivity contribution in [3.8, 4) is 6.07 Å². The van der Waals surface area contributed by atoms with Gasteiger partial charge in [-0.3, -0.25) is 4.79 Å². The van der Waals surface area contributed by atoms with Crippen LogP contribution in [0.15, 0.2) is 30.3 Å². The summed E-state index contributed by atoms with van der Waals surface area (Å²) in [6.45, 7) is 5.47. The third-order valence-corrected chi connectivity index (χ3v) is 2.94. The van der Waals surface area contributed by atoms with Crippen LogP contribution in [0.2, 0.25) is 0 Å². The first-order valence-corrected chi connectivity index (χ1v) is 7.11. The number of anilines is 1. The molecule has 20 heavy (non-hydrogen) atoms. The molecule has 1 aromatic carbocycles. The topological polar surface area (TPSA) is 56.1 Å². The van der Waals surface area contributed by atoms with E-state index in [0.29, 0.717) is 25.4 Å². The predicted octanol–water partition coefficient (Wildman–Crippen LogP) is 2.71. The Hall–Kier alpha value is -1.86. The van der Waals surface area contributed by atoms with Gasteiger partial charge in [-0.2, -0.15) is 5.26 Å². The summed E-state index contributed by atoms with van der Waals surface area (Å²) in [5, 5.41) is 12.0. The monoisotopic (exact) mass is 273 g/mol. The molecular formula is C16H23N3O. The number of carbonyl (C=O) groups is 1. The molecule has 0 radical (unpaired) electrons. The number of benzene rings is 1. The maximum absolute atomic E-state index is 12.3. The lowest BCUT2D eigenvalue weighted by Crippen LogP contribution is -2.32. The van der Waals surface area contributed by atoms with E-state index in [1.807, 2.05) is 30.3 Å². The molecule has 0 spiro atoms. The number of nitriles is 1. The van der Waals surface area contributed by atoms with Crippen LogP contribution < -0.4 is 10.2 Å². The van der Waals surface area contributed by atoms with Gasteiger partial charge in [0.15, 0.2) is 0 Å². The number of rotatable bonds is 8. The molecule has 0 bridgehead atoms. The van der Waals surface area contributed by atoms with Crippen LogP contribution >= 0.6 is 0 Å². The van der Waals surface area contributed by atoms with Crippen molar-refractivity contribution in [3.63, 3.8) is 0 Å². The van der Waals surface area contributed by atoms with E-state index in [4.69, 9.17) is 5.26 Å². The highest BCUT2D eigenvalue weighted by Crippen LogP contribution is 2.15. The standard InChI is InChI=1S/C16H23N3O/c1-14(2)18-12-6-10-16(20)19(13-7-11-17)15-8-4-3-5-9-15/h3-5,8-9,14,18H,6-7,10,12-13H2,1-2H3. The molecule has 0 aliphatic rings. The molecule has 0 heterocycles. The number of nitrogens with one attached hydrogen (secondary N) is 1. The van der Waals surface area contributed by atoms with Gasteiger partial charge in [0.2, 0.25) is 5.91 Å². The Labute approximate surface area is 121 Å². The molecular weight excluding hydrogens is 250 g/mol. The molecule has 0 aliphatic carbocycles. The van der Waals surface area contributed by atoms with E-state index in [1.54, 1.807) is 4.90 Å². The van der Waals surface area contributed by atoms with Gasteiger partial charge in [0.25, 0.3) is 0 Å². The molecule has 1 rings (SSSR count). The summed E-state index contributed by atoms with van der Waals surface area (Å²) in [6, 6.07) is 12.1. The lowest BCUT2D eigenvalue weighted by molar-refractivity contribution is -0.118. The summed E-state index contributed by atoms with van der Waals surface area (Å²) in [5.41, 5.74) is 0.865. The van der Waals surface area contributed by atoms with Crippen LogP contribution in [0.3, 0.4) is 0 Å². The average Bonchev–Trinajstić information content (AvgIpc) is 2.45. The Bertz CT molecular complexity index is 437. The highest BCUT2D eigenvalue weighted by atomic mass is 16.2. The van der Waals surface area contributed by atoms with E-state index < -0.39 is 0 Å². The molecule has 0 saturated heterocycles. The fraction of sp³-hybridized carbons (Fsp3) is 0.500. The van der Waals surface area contributed by atoms with E-state index in [0.717, 1.165) is 18.7 Å². The first-order chi connectivity index (χ1) is 9.65. The Kier molecular flexibility index (Phi) is 7.38. The average molecular weight is 273 g/mol. The predicted molar refractivity (Wildman–Crippen MR) is 81.4 cm³/mol. The smallest absolute Gasteiger partial charge is 0.227 e. The van der Waals surface area contributed by atoms with Gasteiger partial charge in [-0.1, -0.05) is 32.0 Å². The minimum absolute atomic E-state index is 0.0806. The van der Waals surface area contributed by atoms with Gasteiger partial charge >= 0.3 is 0 Å². The molecule has 4 heteroatoms. The van der Waals surface area contributed by atoms with Crippen molar-refractivity contribution in [1.29, 1.82) is 5.26 Å². The SMILES string of the molecule is CC(C)NCCCC(=O)N(CCC#N)c1ccccc1. The highest BCUT2D eigenvalue weighted by Gasteiger charge is 2.14. The molecule has 0 atom stereocenters. The Morgan fingerprint density at radius 2 is 2.05 bits per heavy atom. The number of nitrogens with zero attached hydrogens (tertiary/aromatic N) is 2. The normalized spacial score (nSPS) is 10.3. The van der Waals surface area contributed by atoms with Crippen molar-refractivity contribution < 1.29 is 4.79 Å². The second-order valence-electron chi connectivity index (χ2n) is 5.00. The van der Waals surface area contributed by atoms with Crippen molar-refractivity contribution >= 4 is 11.6 Å². The third kappa shape index (κ3) is 5.85. The van der Waals surface area contributed by atoms with Crippen LogP contribution in [0, 0.1) is 11.3 Å². The van der Waals surface area contributed by atoms with E-state index in [1.165, 1.54) is 0 Å². The second-order valence-corrected chi connectivity index (χ2v) is 5.00. The number of hydrogen-bond acceptors (Lipinski definition) is 3. The van der Waals surface area contributed by atoms with Crippen molar-refractivity contribution in [2.24, 2.45) is 0 Å². The second kappa shape index (κ2) is 9.11. The molecule has 0 aliphatic heterocycles. The first-order valence-electron chi connectivity index (χ1n) is 7.11. The van der Waals surface area contributed by atoms with Crippen LogP contribution in [0.4, 0.5) is 5.69 Å². The number of para-hydroxylation sites is 1. The van der Waals surface area contributed by atoms with Crippen molar-refractivity contribution in [1.82, 2.24) is 5.32 Å². The minimum atomic E-state index is 0.0806. The van der Waals surface area contributed by atoms with Gasteiger partial charge in [0, 0.05) is 24.7 Å². The van der Waals surface area contributed by atoms with Crippen LogP contribution in [0.25, 0.3) is 0 Å². The zero-order valence-corrected chi connectivity index (χ0v) is 12.3. The molecule has 0 fully saturated rings. The highest BCUT2D eigenvalue weighted by molar-refractivity contribution is 5.93.